The average Bonchev–Trinajstić information content (AvgIpc) is 3.16. The molecule has 0 spiro atoms. The summed E-state index contributed by atoms with van der Waals surface area (Å²) < 4.78 is 32.0. The highest BCUT2D eigenvalue weighted by molar-refractivity contribution is 7.47. The molecule has 9 heteroatoms. The number of rotatable bonds is 39. The number of carbonyl (C=O) groups excluding carboxylic acids is 2. The topological polar surface area (TPSA) is 108 Å². The van der Waals surface area contributed by atoms with Gasteiger partial charge in [-0.05, 0) is 77.0 Å². The van der Waals surface area contributed by atoms with Crippen molar-refractivity contribution >= 4 is 19.8 Å². The van der Waals surface area contributed by atoms with Crippen molar-refractivity contribution in [3.63, 3.8) is 0 Å². The fourth-order valence-electron chi connectivity index (χ4n) is 5.70. The zero-order chi connectivity index (χ0) is 39.6. The molecule has 0 rings (SSSR count). The number of phosphoric acid groups is 1. The predicted molar refractivity (Wildman–Crippen MR) is 225 cm³/mol. The zero-order valence-corrected chi connectivity index (χ0v) is 35.5. The van der Waals surface area contributed by atoms with E-state index >= 15 is 0 Å². The van der Waals surface area contributed by atoms with Crippen LogP contribution in [0.15, 0.2) is 60.8 Å². The molecule has 8 nitrogen and oxygen atoms in total. The van der Waals surface area contributed by atoms with Gasteiger partial charge in [0.1, 0.15) is 6.61 Å². The van der Waals surface area contributed by atoms with Gasteiger partial charge in [0.15, 0.2) is 6.10 Å². The molecule has 0 heterocycles. The summed E-state index contributed by atoms with van der Waals surface area (Å²) in [7, 11) is -3.21. The number of allylic oxidation sites excluding steroid dienone is 10. The molecule has 0 aliphatic carbocycles. The highest BCUT2D eigenvalue weighted by atomic mass is 31.2. The van der Waals surface area contributed by atoms with Crippen molar-refractivity contribution < 1.29 is 37.6 Å². The molecule has 0 fully saturated rings. The molecule has 0 aromatic carbocycles. The van der Waals surface area contributed by atoms with Crippen molar-refractivity contribution in [1.82, 2.24) is 0 Å². The van der Waals surface area contributed by atoms with Gasteiger partial charge < -0.3 is 14.4 Å². The highest BCUT2D eigenvalue weighted by Gasteiger charge is 2.24. The fraction of sp³-hybridized carbons (Fsp3) is 0.733. The van der Waals surface area contributed by atoms with E-state index in [1.165, 1.54) is 51.4 Å². The van der Waals surface area contributed by atoms with Gasteiger partial charge in [0.2, 0.25) is 0 Å². The molecule has 0 saturated heterocycles. The summed E-state index contributed by atoms with van der Waals surface area (Å²) in [6, 6.07) is 0. The minimum absolute atomic E-state index is 0.225. The Balaban J connectivity index is 4.05. The Morgan fingerprint density at radius 2 is 0.944 bits per heavy atom. The largest absolute Gasteiger partial charge is 0.472 e. The van der Waals surface area contributed by atoms with Crippen LogP contribution in [0.5, 0.6) is 0 Å². The van der Waals surface area contributed by atoms with Crippen LogP contribution in [0.2, 0.25) is 0 Å². The third-order valence-electron chi connectivity index (χ3n) is 9.00. The molecule has 0 saturated carbocycles. The number of unbranched alkanes of at least 4 members (excludes halogenated alkanes) is 18. The summed E-state index contributed by atoms with van der Waals surface area (Å²) in [4.78, 5) is 34.5. The number of esters is 2. The van der Waals surface area contributed by atoms with Gasteiger partial charge in [0, 0.05) is 20.0 Å². The second-order valence-electron chi connectivity index (χ2n) is 14.1. The molecule has 2 atom stereocenters. The minimum Gasteiger partial charge on any atom is -0.462 e. The summed E-state index contributed by atoms with van der Waals surface area (Å²) in [5.74, 6) is -0.831. The minimum atomic E-state index is -4.27. The molecule has 0 radical (unpaired) electrons. The molecule has 0 aliphatic rings. The number of carbonyl (C=O) groups is 2. The van der Waals surface area contributed by atoms with Crippen molar-refractivity contribution in [1.29, 1.82) is 0 Å². The molecule has 0 amide bonds. The number of hydrogen-bond acceptors (Lipinski definition) is 7. The predicted octanol–water partition coefficient (Wildman–Crippen LogP) is 13.6. The molecule has 54 heavy (non-hydrogen) atoms. The van der Waals surface area contributed by atoms with Crippen molar-refractivity contribution in [3.8, 4) is 0 Å². The van der Waals surface area contributed by atoms with Gasteiger partial charge in [-0.2, -0.15) is 0 Å². The first kappa shape index (κ1) is 51.8. The first-order valence-electron chi connectivity index (χ1n) is 21.5. The molecule has 0 aromatic heterocycles. The molecule has 0 aromatic rings. The SMILES string of the molecule is CC/C=C\C/C=C\C/C=C\C/C=C\CCCCCCCCC(=O)OC(COC(=O)CCCCCCC/C=C\CCCCCCCCC)COP(=O)(O)OC. The van der Waals surface area contributed by atoms with Crippen LogP contribution in [0.1, 0.15) is 187 Å². The lowest BCUT2D eigenvalue weighted by atomic mass is 10.1. The van der Waals surface area contributed by atoms with E-state index in [-0.39, 0.29) is 25.4 Å². The van der Waals surface area contributed by atoms with Gasteiger partial charge in [0.05, 0.1) is 6.61 Å². The lowest BCUT2D eigenvalue weighted by Gasteiger charge is -2.19. The molecule has 312 valence electrons. The van der Waals surface area contributed by atoms with E-state index in [2.05, 4.69) is 79.1 Å². The van der Waals surface area contributed by atoms with Gasteiger partial charge in [-0.25, -0.2) is 4.57 Å². The molecule has 1 N–H and O–H groups in total. The number of phosphoric ester groups is 1. The Morgan fingerprint density at radius 1 is 0.537 bits per heavy atom. The van der Waals surface area contributed by atoms with Crippen molar-refractivity contribution in [2.45, 2.75) is 193 Å². The van der Waals surface area contributed by atoms with Gasteiger partial charge in [-0.15, -0.1) is 0 Å². The summed E-state index contributed by atoms with van der Waals surface area (Å²) in [5.41, 5.74) is 0. The Morgan fingerprint density at radius 3 is 1.43 bits per heavy atom. The monoisotopic (exact) mass is 779 g/mol. The summed E-state index contributed by atoms with van der Waals surface area (Å²) in [6.07, 6.45) is 49.8. The van der Waals surface area contributed by atoms with E-state index in [9.17, 15) is 19.0 Å². The first-order chi connectivity index (χ1) is 26.3. The summed E-state index contributed by atoms with van der Waals surface area (Å²) in [6.45, 7) is 3.75. The Bertz CT molecular complexity index is 1060. The molecular weight excluding hydrogens is 699 g/mol. The van der Waals surface area contributed by atoms with Crippen LogP contribution in [-0.4, -0.2) is 43.3 Å². The van der Waals surface area contributed by atoms with Gasteiger partial charge in [-0.1, -0.05) is 158 Å². The van der Waals surface area contributed by atoms with E-state index in [4.69, 9.17) is 14.0 Å². The first-order valence-corrected chi connectivity index (χ1v) is 23.0. The quantitative estimate of drug-likeness (QED) is 0.0284. The second-order valence-corrected chi connectivity index (χ2v) is 15.7. The number of hydrogen-bond donors (Lipinski definition) is 1. The van der Waals surface area contributed by atoms with Crippen LogP contribution < -0.4 is 0 Å². The van der Waals surface area contributed by atoms with Crippen LogP contribution in [0.4, 0.5) is 0 Å². The third-order valence-corrected chi connectivity index (χ3v) is 9.93. The van der Waals surface area contributed by atoms with Crippen LogP contribution in [-0.2, 0) is 32.7 Å². The lowest BCUT2D eigenvalue weighted by Crippen LogP contribution is -2.29. The van der Waals surface area contributed by atoms with Gasteiger partial charge in [-0.3, -0.25) is 18.6 Å². The van der Waals surface area contributed by atoms with Gasteiger partial charge >= 0.3 is 19.8 Å². The van der Waals surface area contributed by atoms with E-state index in [0.29, 0.717) is 6.42 Å². The van der Waals surface area contributed by atoms with E-state index in [1.54, 1.807) is 0 Å². The van der Waals surface area contributed by atoms with Crippen LogP contribution in [0.25, 0.3) is 0 Å². The Hall–Kier alpha value is -2.25. The molecule has 0 bridgehead atoms. The average molecular weight is 779 g/mol. The summed E-state index contributed by atoms with van der Waals surface area (Å²) in [5, 5.41) is 0. The highest BCUT2D eigenvalue weighted by Crippen LogP contribution is 2.42. The number of ether oxygens (including phenoxy) is 2. The maximum Gasteiger partial charge on any atom is 0.472 e. The van der Waals surface area contributed by atoms with Crippen LogP contribution in [0.3, 0.4) is 0 Å². The Labute approximate surface area is 330 Å². The normalized spacial score (nSPS) is 13.9. The van der Waals surface area contributed by atoms with E-state index < -0.39 is 26.5 Å². The van der Waals surface area contributed by atoms with Crippen molar-refractivity contribution in [3.05, 3.63) is 60.8 Å². The third kappa shape index (κ3) is 39.4. The maximum atomic E-state index is 12.5. The molecule has 0 aliphatic heterocycles. The Kier molecular flexibility index (Phi) is 38.7. The smallest absolute Gasteiger partial charge is 0.462 e. The lowest BCUT2D eigenvalue weighted by molar-refractivity contribution is -0.161. The van der Waals surface area contributed by atoms with E-state index in [0.717, 1.165) is 110 Å². The standard InChI is InChI=1S/C45H79O8P/c1-4-6-8-10-12-14-16-18-20-22-23-24-26-28-30-32-34-36-38-40-45(47)53-43(42-52-54(48,49)50-3)41-51-44(46)39-37-35-33-31-29-27-25-21-19-17-15-13-11-9-7-5-2/h6,8,12,14,18,20-21,23-25,43H,4-5,7,9-11,13,15-17,19,22,26-42H2,1-3H3,(H,48,49)/b8-6-,14-12-,20-18-,24-23-,25-21-. The van der Waals surface area contributed by atoms with Crippen LogP contribution >= 0.6 is 7.82 Å². The molecule has 2 unspecified atom stereocenters. The van der Waals surface area contributed by atoms with Crippen molar-refractivity contribution in [2.24, 2.45) is 0 Å². The molecular formula is C45H79O8P. The second kappa shape index (κ2) is 40.4. The van der Waals surface area contributed by atoms with E-state index in [1.807, 2.05) is 0 Å². The zero-order valence-electron chi connectivity index (χ0n) is 34.6. The fourth-order valence-corrected chi connectivity index (χ4v) is 6.16. The maximum absolute atomic E-state index is 12.5. The summed E-state index contributed by atoms with van der Waals surface area (Å²) >= 11 is 0. The van der Waals surface area contributed by atoms with Crippen LogP contribution in [0, 0.1) is 0 Å². The van der Waals surface area contributed by atoms with Crippen molar-refractivity contribution in [2.75, 3.05) is 20.3 Å². The van der Waals surface area contributed by atoms with Gasteiger partial charge in [0.25, 0.3) is 0 Å².